The number of methoxy groups -OCH3 is 1. The van der Waals surface area contributed by atoms with E-state index in [0.717, 1.165) is 0 Å². The summed E-state index contributed by atoms with van der Waals surface area (Å²) in [5.41, 5.74) is 0.933. The van der Waals surface area contributed by atoms with Crippen molar-refractivity contribution < 1.29 is 28.0 Å². The molecular weight excluding hydrogens is 291 g/mol. The zero-order valence-electron chi connectivity index (χ0n) is 10.7. The first-order valence-electron chi connectivity index (χ1n) is 5.67. The summed E-state index contributed by atoms with van der Waals surface area (Å²) in [6.45, 7) is 0. The van der Waals surface area contributed by atoms with Gasteiger partial charge in [-0.15, -0.1) is 0 Å². The largest absolute Gasteiger partial charge is 0.479 e. The summed E-state index contributed by atoms with van der Waals surface area (Å²) in [5, 5.41) is 15.0. The summed E-state index contributed by atoms with van der Waals surface area (Å²) in [6.07, 6.45) is -6.04. The number of benzene rings is 1. The molecule has 0 fully saturated rings. The van der Waals surface area contributed by atoms with Gasteiger partial charge in [-0.05, 0) is 17.3 Å². The minimum absolute atomic E-state index is 0.00372. The van der Waals surface area contributed by atoms with Gasteiger partial charge in [-0.2, -0.15) is 13.2 Å². The molecule has 1 aromatic carbocycles. The molecule has 1 aliphatic rings. The second-order valence-electron chi connectivity index (χ2n) is 3.95. The predicted molar refractivity (Wildman–Crippen MR) is 67.7 cm³/mol. The average Bonchev–Trinajstić information content (AvgIpc) is 2.48. The van der Waals surface area contributed by atoms with E-state index in [1.165, 1.54) is 19.2 Å². The van der Waals surface area contributed by atoms with Crippen LogP contribution in [-0.4, -0.2) is 42.5 Å². The highest BCUT2D eigenvalue weighted by atomic mass is 19.4. The topological polar surface area (TPSA) is 75.8 Å². The number of halogens is 3. The molecule has 0 spiro atoms. The van der Waals surface area contributed by atoms with Crippen molar-refractivity contribution >= 4 is 17.9 Å². The van der Waals surface area contributed by atoms with E-state index in [0.29, 0.717) is 17.3 Å². The van der Waals surface area contributed by atoms with Gasteiger partial charge in [-0.3, -0.25) is 0 Å². The molecule has 1 unspecified atom stereocenters. The van der Waals surface area contributed by atoms with E-state index in [9.17, 15) is 13.2 Å². The molecule has 1 aromatic rings. The number of nitrogens with zero attached hydrogens (tertiary/aromatic N) is 3. The number of aliphatic imine (C=N–C) groups is 1. The van der Waals surface area contributed by atoms with E-state index in [4.69, 9.17) is 9.94 Å². The van der Waals surface area contributed by atoms with Crippen LogP contribution in [0, 0.1) is 0 Å². The van der Waals surface area contributed by atoms with Crippen LogP contribution in [0.2, 0.25) is 0 Å². The molecule has 1 atom stereocenters. The lowest BCUT2D eigenvalue weighted by Gasteiger charge is -2.17. The van der Waals surface area contributed by atoms with Gasteiger partial charge >= 0.3 is 6.18 Å². The predicted octanol–water partition coefficient (Wildman–Crippen LogP) is 2.16. The van der Waals surface area contributed by atoms with Crippen LogP contribution in [0.1, 0.15) is 11.1 Å². The van der Waals surface area contributed by atoms with Gasteiger partial charge in [-0.25, -0.2) is 4.99 Å². The minimum atomic E-state index is -4.55. The Morgan fingerprint density at radius 1 is 1.33 bits per heavy atom. The second-order valence-corrected chi connectivity index (χ2v) is 3.95. The molecule has 0 saturated carbocycles. The Hall–Kier alpha value is -2.58. The van der Waals surface area contributed by atoms with Crippen LogP contribution in [0.15, 0.2) is 39.6 Å². The zero-order valence-corrected chi connectivity index (χ0v) is 10.7. The molecule has 0 saturated heterocycles. The van der Waals surface area contributed by atoms with Gasteiger partial charge in [0.25, 0.3) is 12.0 Å². The SMILES string of the molecule is CO/C(=N\O)c1ccc(C2=NOC(C(F)(F)F)C=N2)cc1. The fourth-order valence-corrected chi connectivity index (χ4v) is 1.55. The number of amidine groups is 1. The first kappa shape index (κ1) is 14.8. The van der Waals surface area contributed by atoms with Gasteiger partial charge in [-0.1, -0.05) is 17.3 Å². The van der Waals surface area contributed by atoms with Gasteiger partial charge in [0.1, 0.15) is 0 Å². The van der Waals surface area contributed by atoms with E-state index in [1.807, 2.05) is 0 Å². The Labute approximate surface area is 117 Å². The van der Waals surface area contributed by atoms with Crippen molar-refractivity contribution in [1.29, 1.82) is 0 Å². The number of hydrogen-bond donors (Lipinski definition) is 1. The van der Waals surface area contributed by atoms with Gasteiger partial charge in [0.15, 0.2) is 5.84 Å². The van der Waals surface area contributed by atoms with Crippen molar-refractivity contribution in [1.82, 2.24) is 0 Å². The van der Waals surface area contributed by atoms with Crippen LogP contribution >= 0.6 is 0 Å². The number of hydrogen-bond acceptors (Lipinski definition) is 6. The van der Waals surface area contributed by atoms with Crippen molar-refractivity contribution in [3.8, 4) is 0 Å². The van der Waals surface area contributed by atoms with Crippen LogP contribution in [-0.2, 0) is 9.57 Å². The third-order valence-electron chi connectivity index (χ3n) is 2.58. The maximum Gasteiger partial charge on any atom is 0.433 e. The van der Waals surface area contributed by atoms with Crippen molar-refractivity contribution in [3.05, 3.63) is 35.4 Å². The van der Waals surface area contributed by atoms with Gasteiger partial charge in [0, 0.05) is 11.1 Å². The van der Waals surface area contributed by atoms with Crippen molar-refractivity contribution in [2.24, 2.45) is 15.3 Å². The maximum atomic E-state index is 12.4. The number of alkyl halides is 3. The Morgan fingerprint density at radius 2 is 2.00 bits per heavy atom. The van der Waals surface area contributed by atoms with Gasteiger partial charge in [0.05, 0.1) is 13.3 Å². The molecule has 1 aliphatic heterocycles. The van der Waals surface area contributed by atoms with E-state index in [-0.39, 0.29) is 11.7 Å². The molecule has 9 heteroatoms. The molecule has 0 amide bonds. The quantitative estimate of drug-likeness (QED) is 0.393. The maximum absolute atomic E-state index is 12.4. The molecule has 2 rings (SSSR count). The Morgan fingerprint density at radius 3 is 2.43 bits per heavy atom. The van der Waals surface area contributed by atoms with Crippen LogP contribution in [0.4, 0.5) is 13.2 Å². The van der Waals surface area contributed by atoms with E-state index in [2.05, 4.69) is 20.1 Å². The summed E-state index contributed by atoms with van der Waals surface area (Å²) in [5.74, 6) is 0.0194. The highest BCUT2D eigenvalue weighted by Gasteiger charge is 2.42. The van der Waals surface area contributed by atoms with Crippen LogP contribution < -0.4 is 0 Å². The lowest BCUT2D eigenvalue weighted by atomic mass is 10.1. The van der Waals surface area contributed by atoms with Gasteiger partial charge in [0.2, 0.25) is 0 Å². The molecule has 1 heterocycles. The molecule has 0 bridgehead atoms. The van der Waals surface area contributed by atoms with E-state index >= 15 is 0 Å². The van der Waals surface area contributed by atoms with Gasteiger partial charge < -0.3 is 14.8 Å². The summed E-state index contributed by atoms with van der Waals surface area (Å²) < 4.78 is 41.9. The second kappa shape index (κ2) is 5.81. The van der Waals surface area contributed by atoms with E-state index < -0.39 is 12.3 Å². The summed E-state index contributed by atoms with van der Waals surface area (Å²) in [7, 11) is 1.34. The molecule has 112 valence electrons. The lowest BCUT2D eigenvalue weighted by Crippen LogP contribution is -2.34. The van der Waals surface area contributed by atoms with Crippen LogP contribution in [0.3, 0.4) is 0 Å². The molecule has 0 radical (unpaired) electrons. The smallest absolute Gasteiger partial charge is 0.433 e. The molecule has 1 N–H and O–H groups in total. The third-order valence-corrected chi connectivity index (χ3v) is 2.58. The van der Waals surface area contributed by atoms with Crippen LogP contribution in [0.25, 0.3) is 0 Å². The highest BCUT2D eigenvalue weighted by molar-refractivity contribution is 6.04. The average molecular weight is 301 g/mol. The normalized spacial score (nSPS) is 19.0. The third kappa shape index (κ3) is 3.30. The summed E-state index contributed by atoms with van der Waals surface area (Å²) >= 11 is 0. The molecule has 6 nitrogen and oxygen atoms in total. The molecule has 0 aliphatic carbocycles. The molecular formula is C12H10F3N3O3. The Bertz CT molecular complexity index is 594. The summed E-state index contributed by atoms with van der Waals surface area (Å²) in [4.78, 5) is 7.99. The van der Waals surface area contributed by atoms with Crippen molar-refractivity contribution in [3.63, 3.8) is 0 Å². The zero-order chi connectivity index (χ0) is 15.5. The fraction of sp³-hybridized carbons (Fsp3) is 0.250. The standard InChI is InChI=1S/C12H10F3N3O3/c1-20-11(17-19)8-4-2-7(3-5-8)10-16-6-9(21-18-10)12(13,14)15/h2-6,9,19H,1H3/b17-11-. The number of ether oxygens (including phenoxy) is 1. The Kier molecular flexibility index (Phi) is 4.10. The molecule has 0 aromatic heterocycles. The monoisotopic (exact) mass is 301 g/mol. The van der Waals surface area contributed by atoms with E-state index in [1.54, 1.807) is 12.1 Å². The van der Waals surface area contributed by atoms with Crippen molar-refractivity contribution in [2.45, 2.75) is 12.3 Å². The van der Waals surface area contributed by atoms with Crippen LogP contribution in [0.5, 0.6) is 0 Å². The minimum Gasteiger partial charge on any atom is -0.479 e. The van der Waals surface area contributed by atoms with Crippen molar-refractivity contribution in [2.75, 3.05) is 7.11 Å². The fourth-order valence-electron chi connectivity index (χ4n) is 1.55. The summed E-state index contributed by atoms with van der Waals surface area (Å²) in [6, 6.07) is 6.16. The first-order chi connectivity index (χ1) is 9.95. The first-order valence-corrected chi connectivity index (χ1v) is 5.67. The Balaban J connectivity index is 2.15. The highest BCUT2D eigenvalue weighted by Crippen LogP contribution is 2.24. The molecule has 21 heavy (non-hydrogen) atoms. The number of rotatable bonds is 2. The number of oxime groups is 2. The lowest BCUT2D eigenvalue weighted by molar-refractivity contribution is -0.196.